The van der Waals surface area contributed by atoms with Gasteiger partial charge in [-0.2, -0.15) is 0 Å². The number of rotatable bonds is 4. The number of phenolic OH excluding ortho intramolecular Hbond substituents is 1. The number of nitrogens with zero attached hydrogens (tertiary/aromatic N) is 1. The van der Waals surface area contributed by atoms with Gasteiger partial charge in [-0.05, 0) is 67.5 Å². The van der Waals surface area contributed by atoms with E-state index in [1.807, 2.05) is 19.2 Å². The molecule has 1 saturated heterocycles. The van der Waals surface area contributed by atoms with Gasteiger partial charge in [0, 0.05) is 24.2 Å². The van der Waals surface area contributed by atoms with Crippen LogP contribution in [0.2, 0.25) is 5.02 Å². The van der Waals surface area contributed by atoms with Crippen molar-refractivity contribution in [3.8, 4) is 5.75 Å². The Bertz CT molecular complexity index is 960. The topological polar surface area (TPSA) is 69.6 Å². The molecule has 1 aliphatic carbocycles. The SMILES string of the molecule is CNC1CCCCC1C(=O)N1CCC(c2ccc(Cl)cc2)C(C)(C)C1.O=Cc1ccccc1O. The third-order valence-corrected chi connectivity index (χ3v) is 7.58. The van der Waals surface area contributed by atoms with Crippen molar-refractivity contribution in [3.05, 3.63) is 64.7 Å². The van der Waals surface area contributed by atoms with Gasteiger partial charge in [-0.15, -0.1) is 0 Å². The maximum absolute atomic E-state index is 13.2. The fourth-order valence-electron chi connectivity index (χ4n) is 5.45. The van der Waals surface area contributed by atoms with E-state index in [4.69, 9.17) is 16.7 Å². The first-order chi connectivity index (χ1) is 16.3. The summed E-state index contributed by atoms with van der Waals surface area (Å²) in [5.41, 5.74) is 1.75. The summed E-state index contributed by atoms with van der Waals surface area (Å²) in [4.78, 5) is 25.4. The summed E-state index contributed by atoms with van der Waals surface area (Å²) in [5.74, 6) is 1.02. The first-order valence-corrected chi connectivity index (χ1v) is 12.6. The molecule has 6 heteroatoms. The highest BCUT2D eigenvalue weighted by Gasteiger charge is 2.41. The molecule has 2 aromatic rings. The first kappa shape index (κ1) is 26.2. The molecule has 2 N–H and O–H groups in total. The van der Waals surface area contributed by atoms with Crippen molar-refractivity contribution in [1.29, 1.82) is 0 Å². The summed E-state index contributed by atoms with van der Waals surface area (Å²) in [6, 6.07) is 15.0. The summed E-state index contributed by atoms with van der Waals surface area (Å²) in [5, 5.41) is 13.0. The maximum atomic E-state index is 13.2. The minimum atomic E-state index is 0.0347. The lowest BCUT2D eigenvalue weighted by Gasteiger charge is -2.46. The largest absolute Gasteiger partial charge is 0.507 e. The number of benzene rings is 2. The lowest BCUT2D eigenvalue weighted by atomic mass is 9.70. The van der Waals surface area contributed by atoms with Crippen molar-refractivity contribution >= 4 is 23.8 Å². The van der Waals surface area contributed by atoms with Gasteiger partial charge < -0.3 is 15.3 Å². The van der Waals surface area contributed by atoms with Gasteiger partial charge in [0.05, 0.1) is 11.5 Å². The summed E-state index contributed by atoms with van der Waals surface area (Å²) in [7, 11) is 1.99. The number of aldehydes is 1. The molecule has 1 amide bonds. The molecule has 0 bridgehead atoms. The number of para-hydroxylation sites is 1. The van der Waals surface area contributed by atoms with Crippen molar-refractivity contribution < 1.29 is 14.7 Å². The number of aromatic hydroxyl groups is 1. The van der Waals surface area contributed by atoms with Gasteiger partial charge in [0.15, 0.2) is 6.29 Å². The van der Waals surface area contributed by atoms with Gasteiger partial charge >= 0.3 is 0 Å². The van der Waals surface area contributed by atoms with E-state index < -0.39 is 0 Å². The van der Waals surface area contributed by atoms with Crippen LogP contribution in [0.4, 0.5) is 0 Å². The monoisotopic (exact) mass is 484 g/mol. The Hall–Kier alpha value is -2.37. The molecule has 4 rings (SSSR count). The number of hydrogen-bond acceptors (Lipinski definition) is 4. The third kappa shape index (κ3) is 6.39. The van der Waals surface area contributed by atoms with Crippen LogP contribution in [0.25, 0.3) is 0 Å². The summed E-state index contributed by atoms with van der Waals surface area (Å²) in [6.45, 7) is 6.29. The zero-order valence-electron chi connectivity index (χ0n) is 20.5. The molecule has 2 aliphatic rings. The highest BCUT2D eigenvalue weighted by molar-refractivity contribution is 6.30. The molecular formula is C28H37ClN2O3. The van der Waals surface area contributed by atoms with Crippen LogP contribution < -0.4 is 5.32 Å². The van der Waals surface area contributed by atoms with E-state index in [0.717, 1.165) is 37.4 Å². The third-order valence-electron chi connectivity index (χ3n) is 7.33. The normalized spacial score (nSPS) is 24.0. The van der Waals surface area contributed by atoms with E-state index in [-0.39, 0.29) is 17.1 Å². The molecule has 1 aliphatic heterocycles. The van der Waals surface area contributed by atoms with Gasteiger partial charge in [0.1, 0.15) is 5.75 Å². The van der Waals surface area contributed by atoms with Crippen LogP contribution in [-0.2, 0) is 4.79 Å². The summed E-state index contributed by atoms with van der Waals surface area (Å²) < 4.78 is 0. The molecule has 1 saturated carbocycles. The Morgan fingerprint density at radius 1 is 1.09 bits per heavy atom. The highest BCUT2D eigenvalue weighted by Crippen LogP contribution is 2.43. The molecule has 184 valence electrons. The number of nitrogens with one attached hydrogen (secondary N) is 1. The van der Waals surface area contributed by atoms with Gasteiger partial charge in [-0.25, -0.2) is 0 Å². The van der Waals surface area contributed by atoms with Crippen molar-refractivity contribution in [2.45, 2.75) is 57.9 Å². The maximum Gasteiger partial charge on any atom is 0.227 e. The fourth-order valence-corrected chi connectivity index (χ4v) is 5.58. The van der Waals surface area contributed by atoms with Crippen LogP contribution >= 0.6 is 11.6 Å². The Kier molecular flexibility index (Phi) is 9.15. The quantitative estimate of drug-likeness (QED) is 0.549. The minimum absolute atomic E-state index is 0.0347. The predicted octanol–water partition coefficient (Wildman–Crippen LogP) is 5.67. The second-order valence-electron chi connectivity index (χ2n) is 10.1. The first-order valence-electron chi connectivity index (χ1n) is 12.2. The van der Waals surface area contributed by atoms with Gasteiger partial charge in [0.25, 0.3) is 0 Å². The van der Waals surface area contributed by atoms with Crippen LogP contribution in [0.1, 0.15) is 67.8 Å². The van der Waals surface area contributed by atoms with Crippen LogP contribution in [-0.4, -0.2) is 48.4 Å². The van der Waals surface area contributed by atoms with Crippen molar-refractivity contribution in [2.75, 3.05) is 20.1 Å². The van der Waals surface area contributed by atoms with Crippen LogP contribution in [0, 0.1) is 11.3 Å². The molecule has 34 heavy (non-hydrogen) atoms. The summed E-state index contributed by atoms with van der Waals surface area (Å²) in [6.07, 6.45) is 6.21. The Balaban J connectivity index is 0.000000302. The number of carbonyl (C=O) groups excluding carboxylic acids is 2. The number of piperidine rings is 1. The molecule has 5 nitrogen and oxygen atoms in total. The van der Waals surface area contributed by atoms with Crippen LogP contribution in [0.15, 0.2) is 48.5 Å². The number of halogens is 1. The Labute approximate surface area is 208 Å². The molecule has 0 radical (unpaired) electrons. The van der Waals surface area contributed by atoms with Crippen LogP contribution in [0.5, 0.6) is 5.75 Å². The van der Waals surface area contributed by atoms with Crippen molar-refractivity contribution in [2.24, 2.45) is 11.3 Å². The smallest absolute Gasteiger partial charge is 0.227 e. The molecule has 1 heterocycles. The second-order valence-corrected chi connectivity index (χ2v) is 10.5. The molecule has 3 atom stereocenters. The summed E-state index contributed by atoms with van der Waals surface area (Å²) >= 11 is 6.04. The van der Waals surface area contributed by atoms with Crippen LogP contribution in [0.3, 0.4) is 0 Å². The highest BCUT2D eigenvalue weighted by atomic mass is 35.5. The minimum Gasteiger partial charge on any atom is -0.507 e. The van der Waals surface area contributed by atoms with Gasteiger partial charge in [-0.1, -0.05) is 62.6 Å². The number of hydrogen-bond donors (Lipinski definition) is 2. The van der Waals surface area contributed by atoms with E-state index in [0.29, 0.717) is 29.7 Å². The average Bonchev–Trinajstić information content (AvgIpc) is 2.84. The van der Waals surface area contributed by atoms with E-state index in [1.54, 1.807) is 18.2 Å². The Morgan fingerprint density at radius 3 is 2.35 bits per heavy atom. The fraction of sp³-hybridized carbons (Fsp3) is 0.500. The molecular weight excluding hydrogens is 448 g/mol. The van der Waals surface area contributed by atoms with E-state index in [2.05, 4.69) is 36.2 Å². The molecule has 2 fully saturated rings. The average molecular weight is 485 g/mol. The second kappa shape index (κ2) is 11.9. The lowest BCUT2D eigenvalue weighted by Crippen LogP contribution is -2.52. The van der Waals surface area contributed by atoms with E-state index >= 15 is 0 Å². The molecule has 0 aromatic heterocycles. The number of carbonyl (C=O) groups is 2. The van der Waals surface area contributed by atoms with Crippen molar-refractivity contribution in [3.63, 3.8) is 0 Å². The van der Waals surface area contributed by atoms with Gasteiger partial charge in [-0.3, -0.25) is 9.59 Å². The van der Waals surface area contributed by atoms with E-state index in [9.17, 15) is 9.59 Å². The standard InChI is InChI=1S/C21H31ClN2O.C7H6O2/c1-21(2)14-24(20(25)17-6-4-5-7-19(17)23-3)13-12-18(21)15-8-10-16(22)11-9-15;8-5-6-3-1-2-4-7(6)9/h8-11,17-19,23H,4-7,12-14H2,1-3H3;1-5,9H. The van der Waals surface area contributed by atoms with Crippen molar-refractivity contribution in [1.82, 2.24) is 10.2 Å². The zero-order valence-corrected chi connectivity index (χ0v) is 21.2. The van der Waals surface area contributed by atoms with Gasteiger partial charge in [0.2, 0.25) is 5.91 Å². The molecule has 0 spiro atoms. The lowest BCUT2D eigenvalue weighted by molar-refractivity contribution is -0.141. The molecule has 3 unspecified atom stereocenters. The Morgan fingerprint density at radius 2 is 1.76 bits per heavy atom. The number of amides is 1. The van der Waals surface area contributed by atoms with E-state index in [1.165, 1.54) is 24.5 Å². The molecule has 2 aromatic carbocycles. The zero-order chi connectivity index (χ0) is 24.7. The number of phenols is 1. The predicted molar refractivity (Wildman–Crippen MR) is 137 cm³/mol. The number of likely N-dealkylation sites (tertiary alicyclic amines) is 1.